The van der Waals surface area contributed by atoms with Gasteiger partial charge in [-0.05, 0) is 0 Å². The third-order valence-corrected chi connectivity index (χ3v) is 0.310. The summed E-state index contributed by atoms with van der Waals surface area (Å²) in [5.41, 5.74) is 6.06. The maximum Gasteiger partial charge on any atom is 2.00 e. The summed E-state index contributed by atoms with van der Waals surface area (Å²) in [6, 6.07) is 0. The van der Waals surface area contributed by atoms with Gasteiger partial charge in [-0.2, -0.15) is 0 Å². The molecule has 0 bridgehead atoms. The predicted molar refractivity (Wildman–Crippen MR) is 22.9 cm³/mol. The first-order valence-corrected chi connectivity index (χ1v) is 1.44. The number of hydrogen-bond acceptors (Lipinski definition) is 5. The van der Waals surface area contributed by atoms with Crippen molar-refractivity contribution < 1.29 is 37.7 Å². The molecular formula is C2H8CoN2O4. The molecule has 0 aliphatic heterocycles. The zero-order valence-electron chi connectivity index (χ0n) is 4.37. The number of nitrogens with one attached hydrogen (secondary N) is 1. The molecule has 7 heteroatoms. The molecule has 0 heterocycles. The summed E-state index contributed by atoms with van der Waals surface area (Å²) in [6.45, 7) is -0.170. The minimum absolute atomic E-state index is 0. The van der Waals surface area contributed by atoms with Gasteiger partial charge in [-0.1, -0.05) is 0 Å². The number of amides is 1. The molecule has 0 rings (SSSR count). The molecule has 6 nitrogen and oxygen atoms in total. The van der Waals surface area contributed by atoms with E-state index in [4.69, 9.17) is 10.9 Å². The van der Waals surface area contributed by atoms with Crippen molar-refractivity contribution in [2.75, 3.05) is 6.54 Å². The molecule has 9 heavy (non-hydrogen) atoms. The van der Waals surface area contributed by atoms with Crippen LogP contribution in [0.3, 0.4) is 0 Å². The van der Waals surface area contributed by atoms with Gasteiger partial charge in [-0.3, -0.25) is 10.0 Å². The Labute approximate surface area is 62.2 Å². The number of hydroxylamine groups is 1. The molecule has 0 saturated heterocycles. The second-order valence-corrected chi connectivity index (χ2v) is 0.739. The first-order valence-electron chi connectivity index (χ1n) is 1.44. The first kappa shape index (κ1) is 23.2. The zero-order valence-corrected chi connectivity index (χ0v) is 5.41. The summed E-state index contributed by atoms with van der Waals surface area (Å²) in [5.74, 6) is -0.574. The molecule has 1 amide bonds. The van der Waals surface area contributed by atoms with Crippen molar-refractivity contribution in [2.45, 2.75) is 0 Å². The molecule has 1 radical (unpaired) electrons. The van der Waals surface area contributed by atoms with Gasteiger partial charge in [-0.25, -0.2) is 5.48 Å². The zero-order chi connectivity index (χ0) is 4.99. The van der Waals surface area contributed by atoms with E-state index in [1.54, 1.807) is 0 Å². The summed E-state index contributed by atoms with van der Waals surface area (Å²) in [7, 11) is 0. The third kappa shape index (κ3) is 18.2. The molecule has 0 unspecified atom stereocenters. The second kappa shape index (κ2) is 15.7. The van der Waals surface area contributed by atoms with E-state index in [1.165, 1.54) is 5.48 Å². The molecule has 0 atom stereocenters. The van der Waals surface area contributed by atoms with E-state index in [9.17, 15) is 4.79 Å². The van der Waals surface area contributed by atoms with Crippen molar-refractivity contribution in [3.8, 4) is 0 Å². The minimum atomic E-state index is -0.574. The number of rotatable bonds is 1. The van der Waals surface area contributed by atoms with Crippen molar-refractivity contribution in [1.82, 2.24) is 5.48 Å². The monoisotopic (exact) mass is 183 g/mol. The normalized spacial score (nSPS) is 5.11. The van der Waals surface area contributed by atoms with Crippen molar-refractivity contribution in [2.24, 2.45) is 5.73 Å². The predicted octanol–water partition coefficient (Wildman–Crippen LogP) is -1.91. The van der Waals surface area contributed by atoms with E-state index < -0.39 is 5.91 Å². The van der Waals surface area contributed by atoms with Crippen LogP contribution in [-0.4, -0.2) is 28.6 Å². The Morgan fingerprint density at radius 2 is 1.89 bits per heavy atom. The Morgan fingerprint density at radius 3 is 1.89 bits per heavy atom. The van der Waals surface area contributed by atoms with Crippen molar-refractivity contribution in [1.29, 1.82) is 0 Å². The van der Waals surface area contributed by atoms with Crippen LogP contribution in [0.5, 0.6) is 0 Å². The van der Waals surface area contributed by atoms with Gasteiger partial charge in [0.25, 0.3) is 5.91 Å². The summed E-state index contributed by atoms with van der Waals surface area (Å²) in [4.78, 5) is 9.69. The van der Waals surface area contributed by atoms with Crippen molar-refractivity contribution >= 4 is 5.91 Å². The fraction of sp³-hybridized carbons (Fsp3) is 0.500. The number of carbonyl (C=O) groups is 1. The number of nitrogens with two attached hydrogens (primary N) is 1. The second-order valence-electron chi connectivity index (χ2n) is 0.739. The topological polar surface area (TPSA) is 135 Å². The van der Waals surface area contributed by atoms with Crippen LogP contribution in [-0.2, 0) is 21.6 Å². The molecule has 0 aromatic rings. The summed E-state index contributed by atoms with van der Waals surface area (Å²) < 4.78 is 0. The Hall–Kier alpha value is -0.184. The maximum absolute atomic E-state index is 9.69. The van der Waals surface area contributed by atoms with E-state index in [1.807, 2.05) is 0 Å². The molecular weight excluding hydrogens is 175 g/mol. The van der Waals surface area contributed by atoms with Crippen molar-refractivity contribution in [3.63, 3.8) is 0 Å². The van der Waals surface area contributed by atoms with Gasteiger partial charge in [0.1, 0.15) is 0 Å². The summed E-state index contributed by atoms with van der Waals surface area (Å²) >= 11 is 0. The van der Waals surface area contributed by atoms with Gasteiger partial charge in [0.2, 0.25) is 0 Å². The molecule has 0 aliphatic carbocycles. The first-order chi connectivity index (χ1) is 2.81. The SMILES string of the molecule is NCC(=O)NO.[Co+2].[OH-].[OH-]. The minimum Gasteiger partial charge on any atom is -0.870 e. The van der Waals surface area contributed by atoms with Gasteiger partial charge < -0.3 is 16.7 Å². The fourth-order valence-corrected chi connectivity index (χ4v) is 0.0456. The van der Waals surface area contributed by atoms with Crippen LogP contribution < -0.4 is 11.2 Å². The Kier molecular flexibility index (Phi) is 40.4. The Balaban J connectivity index is -0.0000000417. The fourth-order valence-electron chi connectivity index (χ4n) is 0.0456. The van der Waals surface area contributed by atoms with Crippen molar-refractivity contribution in [3.05, 3.63) is 0 Å². The van der Waals surface area contributed by atoms with E-state index in [0.29, 0.717) is 0 Å². The van der Waals surface area contributed by atoms with Gasteiger partial charge >= 0.3 is 16.8 Å². The van der Waals surface area contributed by atoms with Crippen LogP contribution in [0.2, 0.25) is 0 Å². The quantitative estimate of drug-likeness (QED) is 0.322. The van der Waals surface area contributed by atoms with Crippen LogP contribution >= 0.6 is 0 Å². The van der Waals surface area contributed by atoms with E-state index in [-0.39, 0.29) is 34.3 Å². The smallest absolute Gasteiger partial charge is 0.870 e. The average molecular weight is 183 g/mol. The van der Waals surface area contributed by atoms with Crippen LogP contribution in [0.1, 0.15) is 0 Å². The van der Waals surface area contributed by atoms with Gasteiger partial charge in [-0.15, -0.1) is 0 Å². The van der Waals surface area contributed by atoms with E-state index in [2.05, 4.69) is 0 Å². The van der Waals surface area contributed by atoms with Gasteiger partial charge in [0.05, 0.1) is 6.54 Å². The van der Waals surface area contributed by atoms with Gasteiger partial charge in [0, 0.05) is 0 Å². The largest absolute Gasteiger partial charge is 2.00 e. The van der Waals surface area contributed by atoms with Crippen LogP contribution in [0.15, 0.2) is 0 Å². The van der Waals surface area contributed by atoms with Gasteiger partial charge in [0.15, 0.2) is 0 Å². The number of carbonyl (C=O) groups excluding carboxylic acids is 1. The molecule has 0 spiro atoms. The molecule has 6 N–H and O–H groups in total. The standard InChI is InChI=1S/C2H6N2O2.Co.2H2O/c3-1-2(5)4-6;;;/h6H,1,3H2,(H,4,5);;2*1H2/q;+2;;/p-2. The Morgan fingerprint density at radius 1 is 1.56 bits per heavy atom. The maximum atomic E-state index is 9.69. The molecule has 0 fully saturated rings. The van der Waals surface area contributed by atoms with Crippen LogP contribution in [0.4, 0.5) is 0 Å². The third-order valence-electron chi connectivity index (χ3n) is 0.310. The van der Waals surface area contributed by atoms with Crippen LogP contribution in [0.25, 0.3) is 0 Å². The number of hydrogen-bond donors (Lipinski definition) is 3. The Bertz CT molecular complexity index is 54.5. The van der Waals surface area contributed by atoms with E-state index in [0.717, 1.165) is 0 Å². The molecule has 0 aromatic heterocycles. The molecule has 0 saturated carbocycles. The molecule has 59 valence electrons. The van der Waals surface area contributed by atoms with E-state index >= 15 is 0 Å². The summed E-state index contributed by atoms with van der Waals surface area (Å²) in [6.07, 6.45) is 0. The molecule has 0 aromatic carbocycles. The van der Waals surface area contributed by atoms with Crippen LogP contribution in [0, 0.1) is 0 Å². The molecule has 0 aliphatic rings. The average Bonchev–Trinajstić information content (AvgIpc) is 1.65. The summed E-state index contributed by atoms with van der Waals surface area (Å²) in [5, 5.41) is 7.66.